The molecule has 0 aliphatic rings. The fraction of sp³-hybridized carbons (Fsp3) is 0.462. The Balaban J connectivity index is 2.65. The highest BCUT2D eigenvalue weighted by Gasteiger charge is 2.10. The Hall–Kier alpha value is -1.46. The Morgan fingerprint density at radius 2 is 2.22 bits per heavy atom. The summed E-state index contributed by atoms with van der Waals surface area (Å²) in [7, 11) is 3.50. The van der Waals surface area contributed by atoms with Crippen LogP contribution in [-0.2, 0) is 11.3 Å². The molecule has 100 valence electrons. The predicted octanol–water partition coefficient (Wildman–Crippen LogP) is 1.99. The Morgan fingerprint density at radius 1 is 1.50 bits per heavy atom. The Kier molecular flexibility index (Phi) is 5.74. The molecule has 5 heteroatoms. The van der Waals surface area contributed by atoms with Crippen LogP contribution in [0.2, 0.25) is 0 Å². The maximum Gasteiger partial charge on any atom is 0.335 e. The first-order chi connectivity index (χ1) is 8.54. The first-order valence-corrected chi connectivity index (χ1v) is 5.73. The van der Waals surface area contributed by atoms with Crippen molar-refractivity contribution >= 4 is 5.97 Å². The molecule has 0 heterocycles. The number of methoxy groups -OCH3 is 1. The summed E-state index contributed by atoms with van der Waals surface area (Å²) in [5.74, 6) is -1.42. The summed E-state index contributed by atoms with van der Waals surface area (Å²) in [5.41, 5.74) is 0.506. The molecule has 18 heavy (non-hydrogen) atoms. The topological polar surface area (TPSA) is 49.8 Å². The molecule has 0 fully saturated rings. The van der Waals surface area contributed by atoms with Gasteiger partial charge < -0.3 is 14.7 Å². The largest absolute Gasteiger partial charge is 0.478 e. The molecule has 4 nitrogen and oxygen atoms in total. The Labute approximate surface area is 106 Å². The molecule has 1 aromatic rings. The molecular formula is C13H18FNO3. The third-order valence-corrected chi connectivity index (χ3v) is 2.62. The van der Waals surface area contributed by atoms with E-state index in [4.69, 9.17) is 9.84 Å². The van der Waals surface area contributed by atoms with Gasteiger partial charge in [-0.1, -0.05) is 0 Å². The second-order valence-electron chi connectivity index (χ2n) is 4.20. The molecule has 0 aliphatic heterocycles. The van der Waals surface area contributed by atoms with Gasteiger partial charge in [-0.3, -0.25) is 0 Å². The van der Waals surface area contributed by atoms with Crippen LogP contribution < -0.4 is 0 Å². The predicted molar refractivity (Wildman–Crippen MR) is 66.2 cm³/mol. The molecular weight excluding hydrogens is 237 g/mol. The lowest BCUT2D eigenvalue weighted by molar-refractivity contribution is 0.0696. The SMILES string of the molecule is COCCCN(C)Cc1cc(C(=O)O)ccc1F. The molecule has 0 saturated heterocycles. The highest BCUT2D eigenvalue weighted by Crippen LogP contribution is 2.13. The maximum atomic E-state index is 13.5. The number of carboxylic acids is 1. The lowest BCUT2D eigenvalue weighted by Gasteiger charge is -2.17. The van der Waals surface area contributed by atoms with Crippen LogP contribution in [0.25, 0.3) is 0 Å². The number of hydrogen-bond donors (Lipinski definition) is 1. The first-order valence-electron chi connectivity index (χ1n) is 5.73. The van der Waals surface area contributed by atoms with Gasteiger partial charge in [-0.2, -0.15) is 0 Å². The summed E-state index contributed by atoms with van der Waals surface area (Å²) >= 11 is 0. The van der Waals surface area contributed by atoms with Crippen LogP contribution in [0, 0.1) is 5.82 Å². The van der Waals surface area contributed by atoms with Crippen LogP contribution in [0.5, 0.6) is 0 Å². The fourth-order valence-electron chi connectivity index (χ4n) is 1.68. The summed E-state index contributed by atoms with van der Waals surface area (Å²) in [6, 6.07) is 3.85. The number of hydrogen-bond acceptors (Lipinski definition) is 3. The lowest BCUT2D eigenvalue weighted by atomic mass is 10.1. The zero-order valence-corrected chi connectivity index (χ0v) is 10.6. The van der Waals surface area contributed by atoms with E-state index in [9.17, 15) is 9.18 Å². The smallest absolute Gasteiger partial charge is 0.335 e. The average Bonchev–Trinajstić information content (AvgIpc) is 2.32. The normalized spacial score (nSPS) is 10.9. The van der Waals surface area contributed by atoms with Gasteiger partial charge in [0.05, 0.1) is 5.56 Å². The number of benzene rings is 1. The molecule has 1 aromatic carbocycles. The molecule has 0 aromatic heterocycles. The minimum Gasteiger partial charge on any atom is -0.478 e. The van der Waals surface area contributed by atoms with Crippen molar-refractivity contribution in [2.45, 2.75) is 13.0 Å². The van der Waals surface area contributed by atoms with Gasteiger partial charge in [0.2, 0.25) is 0 Å². The van der Waals surface area contributed by atoms with Crippen LogP contribution in [-0.4, -0.2) is 43.3 Å². The van der Waals surface area contributed by atoms with Crippen LogP contribution in [0.15, 0.2) is 18.2 Å². The Bertz CT molecular complexity index is 409. The number of nitrogens with zero attached hydrogens (tertiary/aromatic N) is 1. The molecule has 0 unspecified atom stereocenters. The summed E-state index contributed by atoms with van der Waals surface area (Å²) in [5, 5.41) is 8.86. The second-order valence-corrected chi connectivity index (χ2v) is 4.20. The molecule has 0 amide bonds. The summed E-state index contributed by atoms with van der Waals surface area (Å²) < 4.78 is 18.5. The van der Waals surface area contributed by atoms with E-state index in [1.54, 1.807) is 7.11 Å². The number of ether oxygens (including phenoxy) is 1. The van der Waals surface area contributed by atoms with E-state index in [-0.39, 0.29) is 11.4 Å². The minimum absolute atomic E-state index is 0.108. The van der Waals surface area contributed by atoms with Gasteiger partial charge in [0, 0.05) is 32.4 Å². The van der Waals surface area contributed by atoms with Crippen LogP contribution in [0.4, 0.5) is 4.39 Å². The number of carbonyl (C=O) groups is 1. The van der Waals surface area contributed by atoms with Gasteiger partial charge >= 0.3 is 5.97 Å². The number of halogens is 1. The molecule has 0 aliphatic carbocycles. The quantitative estimate of drug-likeness (QED) is 0.757. The third kappa shape index (κ3) is 4.43. The monoisotopic (exact) mass is 255 g/mol. The van der Waals surface area contributed by atoms with Crippen molar-refractivity contribution in [3.05, 3.63) is 35.1 Å². The average molecular weight is 255 g/mol. The van der Waals surface area contributed by atoms with E-state index < -0.39 is 5.97 Å². The van der Waals surface area contributed by atoms with E-state index in [0.717, 1.165) is 13.0 Å². The van der Waals surface area contributed by atoms with Crippen LogP contribution >= 0.6 is 0 Å². The van der Waals surface area contributed by atoms with Gasteiger partial charge in [-0.05, 0) is 31.7 Å². The zero-order chi connectivity index (χ0) is 13.5. The van der Waals surface area contributed by atoms with Crippen molar-refractivity contribution in [1.29, 1.82) is 0 Å². The Morgan fingerprint density at radius 3 is 2.83 bits per heavy atom. The van der Waals surface area contributed by atoms with E-state index in [2.05, 4.69) is 0 Å². The molecule has 0 spiro atoms. The standard InChI is InChI=1S/C13H18FNO3/c1-15(6-3-7-18-2)9-11-8-10(13(16)17)4-5-12(11)14/h4-5,8H,3,6-7,9H2,1-2H3,(H,16,17). The third-order valence-electron chi connectivity index (χ3n) is 2.62. The van der Waals surface area contributed by atoms with Gasteiger partial charge in [0.25, 0.3) is 0 Å². The highest BCUT2D eigenvalue weighted by molar-refractivity contribution is 5.87. The van der Waals surface area contributed by atoms with Crippen molar-refractivity contribution in [3.8, 4) is 0 Å². The van der Waals surface area contributed by atoms with E-state index in [0.29, 0.717) is 18.7 Å². The van der Waals surface area contributed by atoms with Gasteiger partial charge in [-0.25, -0.2) is 9.18 Å². The van der Waals surface area contributed by atoms with E-state index in [1.807, 2.05) is 11.9 Å². The molecule has 0 saturated carbocycles. The highest BCUT2D eigenvalue weighted by atomic mass is 19.1. The minimum atomic E-state index is -1.04. The van der Waals surface area contributed by atoms with Gasteiger partial charge in [-0.15, -0.1) is 0 Å². The number of aromatic carboxylic acids is 1. The fourth-order valence-corrected chi connectivity index (χ4v) is 1.68. The van der Waals surface area contributed by atoms with Crippen molar-refractivity contribution < 1.29 is 19.0 Å². The molecule has 1 rings (SSSR count). The molecule has 0 radical (unpaired) electrons. The number of carboxylic acid groups (broad SMARTS) is 1. The lowest BCUT2D eigenvalue weighted by Crippen LogP contribution is -2.21. The van der Waals surface area contributed by atoms with Crippen molar-refractivity contribution in [1.82, 2.24) is 4.90 Å². The molecule has 0 bridgehead atoms. The maximum absolute atomic E-state index is 13.5. The van der Waals surface area contributed by atoms with E-state index in [1.165, 1.54) is 18.2 Å². The van der Waals surface area contributed by atoms with E-state index >= 15 is 0 Å². The number of rotatable bonds is 7. The van der Waals surface area contributed by atoms with Crippen LogP contribution in [0.3, 0.4) is 0 Å². The first kappa shape index (κ1) is 14.6. The summed E-state index contributed by atoms with van der Waals surface area (Å²) in [6.45, 7) is 1.81. The summed E-state index contributed by atoms with van der Waals surface area (Å²) in [4.78, 5) is 12.7. The molecule has 0 atom stereocenters. The molecule has 1 N–H and O–H groups in total. The van der Waals surface area contributed by atoms with Gasteiger partial charge in [0.15, 0.2) is 0 Å². The summed E-state index contributed by atoms with van der Waals surface area (Å²) in [6.07, 6.45) is 0.854. The van der Waals surface area contributed by atoms with Crippen LogP contribution in [0.1, 0.15) is 22.3 Å². The second kappa shape index (κ2) is 7.08. The van der Waals surface area contributed by atoms with Crippen molar-refractivity contribution in [3.63, 3.8) is 0 Å². The zero-order valence-electron chi connectivity index (χ0n) is 10.6. The van der Waals surface area contributed by atoms with Gasteiger partial charge in [0.1, 0.15) is 5.82 Å². The van der Waals surface area contributed by atoms with Crippen molar-refractivity contribution in [2.75, 3.05) is 27.3 Å². The van der Waals surface area contributed by atoms with Crippen molar-refractivity contribution in [2.24, 2.45) is 0 Å².